The summed E-state index contributed by atoms with van der Waals surface area (Å²) in [7, 11) is 2.17. The largest absolute Gasteiger partial charge is 0.379 e. The molecule has 0 N–H and O–H groups in total. The standard InChI is InChI=1S/C22H27N2OPS/c1-22(2)19-11-7-8-12-20(19)23(3)21(22)17-26(27,18-9-5-4-6-10-18)24-13-15-25-16-14-24/h4-12,17H,13-16H2,1-3H3/b21-17+. The van der Waals surface area contributed by atoms with Crippen LogP contribution in [0.25, 0.3) is 0 Å². The SMILES string of the molecule is CN1/C(=C/P(=S)(c2ccccc2)N2CCOCC2)C(C)(C)c2ccccc21. The Labute approximate surface area is 167 Å². The quantitative estimate of drug-likeness (QED) is 0.716. The molecule has 1 fully saturated rings. The van der Waals surface area contributed by atoms with Gasteiger partial charge in [0, 0.05) is 42.2 Å². The van der Waals surface area contributed by atoms with E-state index in [2.05, 4.69) is 90.9 Å². The number of rotatable bonds is 3. The molecule has 2 aliphatic heterocycles. The van der Waals surface area contributed by atoms with Crippen LogP contribution in [-0.4, -0.2) is 38.0 Å². The third-order valence-corrected chi connectivity index (χ3v) is 10.3. The highest BCUT2D eigenvalue weighted by Gasteiger charge is 2.40. The normalized spacial score (nSPS) is 23.2. The third kappa shape index (κ3) is 3.19. The van der Waals surface area contributed by atoms with Gasteiger partial charge in [-0.2, -0.15) is 0 Å². The Bertz CT molecular complexity index is 904. The molecular formula is C22H27N2OPS. The van der Waals surface area contributed by atoms with Gasteiger partial charge in [-0.1, -0.05) is 74.2 Å². The first-order valence-electron chi connectivity index (χ1n) is 9.50. The van der Waals surface area contributed by atoms with E-state index in [0.717, 1.165) is 26.3 Å². The number of benzene rings is 2. The number of hydrogen-bond donors (Lipinski definition) is 0. The molecule has 0 aromatic heterocycles. The molecule has 5 heteroatoms. The lowest BCUT2D eigenvalue weighted by Crippen LogP contribution is -2.36. The first kappa shape index (κ1) is 18.9. The molecule has 2 aromatic rings. The number of hydrogen-bond acceptors (Lipinski definition) is 3. The van der Waals surface area contributed by atoms with Crippen LogP contribution in [0.2, 0.25) is 0 Å². The number of nitrogens with zero attached hydrogens (tertiary/aromatic N) is 2. The Kier molecular flexibility index (Phi) is 5.02. The highest BCUT2D eigenvalue weighted by molar-refractivity contribution is 8.18. The molecule has 1 atom stereocenters. The van der Waals surface area contributed by atoms with Crippen molar-refractivity contribution in [2.75, 3.05) is 38.3 Å². The Morgan fingerprint density at radius 2 is 1.63 bits per heavy atom. The van der Waals surface area contributed by atoms with Crippen LogP contribution in [0.15, 0.2) is 66.1 Å². The Morgan fingerprint density at radius 1 is 1.00 bits per heavy atom. The second-order valence-corrected chi connectivity index (χ2v) is 12.0. The van der Waals surface area contributed by atoms with Gasteiger partial charge in [-0.25, -0.2) is 0 Å². The van der Waals surface area contributed by atoms with Gasteiger partial charge in [0.2, 0.25) is 0 Å². The van der Waals surface area contributed by atoms with E-state index in [1.807, 2.05) is 0 Å². The van der Waals surface area contributed by atoms with Crippen LogP contribution in [0.1, 0.15) is 19.4 Å². The van der Waals surface area contributed by atoms with Crippen LogP contribution >= 0.6 is 6.19 Å². The molecular weight excluding hydrogens is 371 g/mol. The summed E-state index contributed by atoms with van der Waals surface area (Å²) in [5.74, 6) is 2.42. The molecule has 1 saturated heterocycles. The lowest BCUT2D eigenvalue weighted by atomic mass is 9.84. The molecule has 0 spiro atoms. The minimum Gasteiger partial charge on any atom is -0.379 e. The molecule has 2 aliphatic rings. The molecule has 4 rings (SSSR count). The van der Waals surface area contributed by atoms with Gasteiger partial charge in [-0.3, -0.25) is 4.67 Å². The van der Waals surface area contributed by atoms with Gasteiger partial charge in [0.15, 0.2) is 0 Å². The second kappa shape index (κ2) is 7.18. The second-order valence-electron chi connectivity index (χ2n) is 7.74. The predicted octanol–water partition coefficient (Wildman–Crippen LogP) is 4.31. The van der Waals surface area contributed by atoms with E-state index < -0.39 is 6.19 Å². The maximum atomic E-state index is 6.47. The minimum atomic E-state index is -2.06. The van der Waals surface area contributed by atoms with Crippen LogP contribution in [-0.2, 0) is 22.0 Å². The fraction of sp³-hybridized carbons (Fsp3) is 0.364. The predicted molar refractivity (Wildman–Crippen MR) is 119 cm³/mol. The van der Waals surface area contributed by atoms with Crippen LogP contribution in [0.3, 0.4) is 0 Å². The van der Waals surface area contributed by atoms with Crippen molar-refractivity contribution >= 4 is 29.0 Å². The van der Waals surface area contributed by atoms with E-state index in [1.54, 1.807) is 0 Å². The van der Waals surface area contributed by atoms with Gasteiger partial charge in [-0.05, 0) is 17.4 Å². The van der Waals surface area contributed by atoms with Gasteiger partial charge in [0.1, 0.15) is 0 Å². The number of fused-ring (bicyclic) bond motifs is 1. The monoisotopic (exact) mass is 398 g/mol. The van der Waals surface area contributed by atoms with Gasteiger partial charge in [0.25, 0.3) is 0 Å². The molecule has 0 saturated carbocycles. The van der Waals surface area contributed by atoms with Crippen molar-refractivity contribution in [2.24, 2.45) is 0 Å². The van der Waals surface area contributed by atoms with Crippen molar-refractivity contribution in [2.45, 2.75) is 19.3 Å². The number of ether oxygens (including phenoxy) is 1. The van der Waals surface area contributed by atoms with Crippen molar-refractivity contribution in [3.63, 3.8) is 0 Å². The van der Waals surface area contributed by atoms with Crippen LogP contribution in [0.4, 0.5) is 5.69 Å². The topological polar surface area (TPSA) is 15.7 Å². The van der Waals surface area contributed by atoms with Gasteiger partial charge in [0.05, 0.1) is 19.4 Å². The van der Waals surface area contributed by atoms with E-state index in [1.165, 1.54) is 22.3 Å². The highest BCUT2D eigenvalue weighted by atomic mass is 32.4. The first-order valence-corrected chi connectivity index (χ1v) is 12.3. The molecule has 0 radical (unpaired) electrons. The summed E-state index contributed by atoms with van der Waals surface area (Å²) in [6.45, 7) is 7.93. The number of anilines is 1. The molecule has 2 heterocycles. The van der Waals surface area contributed by atoms with E-state index in [0.29, 0.717) is 0 Å². The first-order chi connectivity index (χ1) is 12.9. The number of para-hydroxylation sites is 1. The molecule has 1 unspecified atom stereocenters. The minimum absolute atomic E-state index is 0.0591. The van der Waals surface area contributed by atoms with Gasteiger partial charge < -0.3 is 9.64 Å². The molecule has 2 aromatic carbocycles. The average molecular weight is 399 g/mol. The Hall–Kier alpha value is -1.45. The van der Waals surface area contributed by atoms with Crippen LogP contribution in [0, 0.1) is 0 Å². The molecule has 27 heavy (non-hydrogen) atoms. The maximum absolute atomic E-state index is 6.47. The lowest BCUT2D eigenvalue weighted by Gasteiger charge is -2.38. The van der Waals surface area contributed by atoms with E-state index in [4.69, 9.17) is 16.5 Å². The molecule has 142 valence electrons. The molecule has 0 aliphatic carbocycles. The van der Waals surface area contributed by atoms with Crippen molar-refractivity contribution in [1.82, 2.24) is 4.67 Å². The Morgan fingerprint density at radius 3 is 2.30 bits per heavy atom. The summed E-state index contributed by atoms with van der Waals surface area (Å²) in [6, 6.07) is 19.4. The van der Waals surface area contributed by atoms with Crippen molar-refractivity contribution in [3.05, 3.63) is 71.7 Å². The smallest absolute Gasteiger partial charge is 0.0659 e. The zero-order valence-electron chi connectivity index (χ0n) is 16.3. The highest BCUT2D eigenvalue weighted by Crippen LogP contribution is 2.56. The summed E-state index contributed by atoms with van der Waals surface area (Å²) >= 11 is 6.47. The van der Waals surface area contributed by atoms with Crippen LogP contribution < -0.4 is 10.2 Å². The zero-order valence-corrected chi connectivity index (χ0v) is 18.0. The van der Waals surface area contributed by atoms with Crippen molar-refractivity contribution in [1.29, 1.82) is 0 Å². The number of morpholine rings is 1. The summed E-state index contributed by atoms with van der Waals surface area (Å²) in [5.41, 5.74) is 3.90. The lowest BCUT2D eigenvalue weighted by molar-refractivity contribution is 0.0754. The molecule has 0 bridgehead atoms. The fourth-order valence-electron chi connectivity index (χ4n) is 4.21. The number of allylic oxidation sites excluding steroid dienone is 1. The summed E-state index contributed by atoms with van der Waals surface area (Å²) in [4.78, 5) is 2.33. The third-order valence-electron chi connectivity index (χ3n) is 5.77. The van der Waals surface area contributed by atoms with E-state index in [-0.39, 0.29) is 5.41 Å². The molecule has 0 amide bonds. The fourth-order valence-corrected chi connectivity index (χ4v) is 8.19. The summed E-state index contributed by atoms with van der Waals surface area (Å²) in [5, 5.41) is 1.26. The van der Waals surface area contributed by atoms with E-state index >= 15 is 0 Å². The molecule has 3 nitrogen and oxygen atoms in total. The van der Waals surface area contributed by atoms with Crippen molar-refractivity contribution < 1.29 is 4.74 Å². The van der Waals surface area contributed by atoms with Gasteiger partial charge >= 0.3 is 0 Å². The summed E-state index contributed by atoms with van der Waals surface area (Å²) in [6.07, 6.45) is -2.06. The Balaban J connectivity index is 1.86. The van der Waals surface area contributed by atoms with E-state index in [9.17, 15) is 0 Å². The summed E-state index contributed by atoms with van der Waals surface area (Å²) < 4.78 is 8.10. The maximum Gasteiger partial charge on any atom is 0.0659 e. The van der Waals surface area contributed by atoms with Crippen molar-refractivity contribution in [3.8, 4) is 0 Å². The van der Waals surface area contributed by atoms with Crippen LogP contribution in [0.5, 0.6) is 0 Å². The zero-order chi connectivity index (χ0) is 19.1. The van der Waals surface area contributed by atoms with Gasteiger partial charge in [-0.15, -0.1) is 0 Å². The number of likely N-dealkylation sites (N-methyl/N-ethyl adjacent to an activating group) is 1. The average Bonchev–Trinajstić information content (AvgIpc) is 2.90.